The van der Waals surface area contributed by atoms with Crippen molar-refractivity contribution in [3.63, 3.8) is 0 Å². The minimum absolute atomic E-state index is 0.0747. The van der Waals surface area contributed by atoms with Crippen molar-refractivity contribution in [3.8, 4) is 0 Å². The Balaban J connectivity index is 1.80. The number of fused-ring (bicyclic) bond motifs is 1. The fourth-order valence-electron chi connectivity index (χ4n) is 4.39. The SMILES string of the molecule is Cc1[nH]c2ccccc2c1C(=O)C(=O)N[C@H]1C[C@@H](C)CC(C)(C)C1. The van der Waals surface area contributed by atoms with Gasteiger partial charge in [0.2, 0.25) is 0 Å². The molecule has 0 unspecified atom stereocenters. The lowest BCUT2D eigenvalue weighted by molar-refractivity contribution is -0.118. The topological polar surface area (TPSA) is 62.0 Å². The van der Waals surface area contributed by atoms with Gasteiger partial charge in [-0.2, -0.15) is 0 Å². The van der Waals surface area contributed by atoms with Gasteiger partial charge in [0, 0.05) is 22.6 Å². The van der Waals surface area contributed by atoms with Crippen molar-refractivity contribution in [3.05, 3.63) is 35.5 Å². The Hall–Kier alpha value is -2.10. The van der Waals surface area contributed by atoms with Gasteiger partial charge in [-0.3, -0.25) is 9.59 Å². The van der Waals surface area contributed by atoms with Gasteiger partial charge in [0.25, 0.3) is 11.7 Å². The van der Waals surface area contributed by atoms with E-state index < -0.39 is 11.7 Å². The van der Waals surface area contributed by atoms with Crippen LogP contribution in [-0.2, 0) is 4.79 Å². The van der Waals surface area contributed by atoms with Crippen LogP contribution in [0, 0.1) is 18.3 Å². The lowest BCUT2D eigenvalue weighted by Crippen LogP contribution is -2.45. The second-order valence-corrected chi connectivity index (χ2v) is 8.08. The molecular formula is C20H26N2O2. The number of benzene rings is 1. The van der Waals surface area contributed by atoms with Crippen LogP contribution < -0.4 is 5.32 Å². The third-order valence-corrected chi connectivity index (χ3v) is 5.05. The number of carbonyl (C=O) groups is 2. The van der Waals surface area contributed by atoms with Gasteiger partial charge in [-0.25, -0.2) is 0 Å². The number of para-hydroxylation sites is 1. The molecule has 2 atom stereocenters. The number of aromatic amines is 1. The average molecular weight is 326 g/mol. The Morgan fingerprint density at radius 1 is 1.21 bits per heavy atom. The van der Waals surface area contributed by atoms with E-state index in [1.165, 1.54) is 0 Å². The average Bonchev–Trinajstić information content (AvgIpc) is 2.79. The van der Waals surface area contributed by atoms with Crippen molar-refractivity contribution >= 4 is 22.6 Å². The Morgan fingerprint density at radius 3 is 2.62 bits per heavy atom. The number of amides is 1. The number of carbonyl (C=O) groups excluding carboxylic acids is 2. The highest BCUT2D eigenvalue weighted by Gasteiger charge is 2.34. The van der Waals surface area contributed by atoms with Crippen molar-refractivity contribution < 1.29 is 9.59 Å². The summed E-state index contributed by atoms with van der Waals surface area (Å²) in [6, 6.07) is 7.67. The van der Waals surface area contributed by atoms with Crippen molar-refractivity contribution in [2.45, 2.75) is 53.0 Å². The zero-order chi connectivity index (χ0) is 17.5. The summed E-state index contributed by atoms with van der Waals surface area (Å²) in [5, 5.41) is 3.79. The van der Waals surface area contributed by atoms with Crippen LogP contribution >= 0.6 is 0 Å². The summed E-state index contributed by atoms with van der Waals surface area (Å²) in [5.41, 5.74) is 2.33. The molecule has 24 heavy (non-hydrogen) atoms. The molecule has 0 bridgehead atoms. The predicted octanol–water partition coefficient (Wildman–Crippen LogP) is 3.99. The highest BCUT2D eigenvalue weighted by molar-refractivity contribution is 6.45. The predicted molar refractivity (Wildman–Crippen MR) is 96.1 cm³/mol. The number of Topliss-reactive ketones (excluding diaryl/α,β-unsaturated/α-hetero) is 1. The van der Waals surface area contributed by atoms with E-state index in [1.807, 2.05) is 31.2 Å². The van der Waals surface area contributed by atoms with E-state index >= 15 is 0 Å². The number of H-pyrrole nitrogens is 1. The number of hydrogen-bond donors (Lipinski definition) is 2. The summed E-state index contributed by atoms with van der Waals surface area (Å²) in [6.45, 7) is 8.51. The first kappa shape index (κ1) is 16.7. The van der Waals surface area contributed by atoms with Crippen LogP contribution in [0.15, 0.2) is 24.3 Å². The van der Waals surface area contributed by atoms with Gasteiger partial charge in [0.15, 0.2) is 0 Å². The first-order chi connectivity index (χ1) is 11.3. The third-order valence-electron chi connectivity index (χ3n) is 5.05. The summed E-state index contributed by atoms with van der Waals surface area (Å²) in [6.07, 6.45) is 3.02. The van der Waals surface area contributed by atoms with Crippen molar-refractivity contribution in [2.75, 3.05) is 0 Å². The van der Waals surface area contributed by atoms with Gasteiger partial charge in [0.05, 0.1) is 5.56 Å². The quantitative estimate of drug-likeness (QED) is 0.662. The summed E-state index contributed by atoms with van der Waals surface area (Å²) in [5.74, 6) is -0.372. The number of nitrogens with one attached hydrogen (secondary N) is 2. The van der Waals surface area contributed by atoms with Crippen LogP contribution in [0.3, 0.4) is 0 Å². The number of rotatable bonds is 3. The van der Waals surface area contributed by atoms with E-state index in [-0.39, 0.29) is 11.5 Å². The monoisotopic (exact) mass is 326 g/mol. The van der Waals surface area contributed by atoms with Crippen LogP contribution in [0.1, 0.15) is 56.1 Å². The molecule has 1 heterocycles. The third kappa shape index (κ3) is 3.23. The molecule has 1 fully saturated rings. The summed E-state index contributed by atoms with van der Waals surface area (Å²) >= 11 is 0. The van der Waals surface area contributed by atoms with Crippen LogP contribution in [0.5, 0.6) is 0 Å². The lowest BCUT2D eigenvalue weighted by Gasteiger charge is -2.39. The molecule has 1 amide bonds. The molecule has 0 saturated heterocycles. The van der Waals surface area contributed by atoms with Crippen LogP contribution in [0.2, 0.25) is 0 Å². The second-order valence-electron chi connectivity index (χ2n) is 8.08. The second kappa shape index (κ2) is 6.08. The molecule has 0 spiro atoms. The van der Waals surface area contributed by atoms with E-state index in [1.54, 1.807) is 0 Å². The van der Waals surface area contributed by atoms with Gasteiger partial charge in [-0.1, -0.05) is 39.0 Å². The van der Waals surface area contributed by atoms with E-state index in [2.05, 4.69) is 31.1 Å². The lowest BCUT2D eigenvalue weighted by atomic mass is 9.70. The van der Waals surface area contributed by atoms with Crippen molar-refractivity contribution in [1.82, 2.24) is 10.3 Å². The van der Waals surface area contributed by atoms with Gasteiger partial charge in [-0.15, -0.1) is 0 Å². The molecule has 4 nitrogen and oxygen atoms in total. The van der Waals surface area contributed by atoms with Crippen molar-refractivity contribution in [1.29, 1.82) is 0 Å². The van der Waals surface area contributed by atoms with Gasteiger partial charge < -0.3 is 10.3 Å². The molecule has 0 aliphatic heterocycles. The van der Waals surface area contributed by atoms with Gasteiger partial charge in [-0.05, 0) is 43.6 Å². The fraction of sp³-hybridized carbons (Fsp3) is 0.500. The van der Waals surface area contributed by atoms with E-state index in [4.69, 9.17) is 0 Å². The van der Waals surface area contributed by atoms with Crippen molar-refractivity contribution in [2.24, 2.45) is 11.3 Å². The Kier molecular flexibility index (Phi) is 4.24. The normalized spacial score (nSPS) is 23.2. The van der Waals surface area contributed by atoms with Crippen LogP contribution in [0.25, 0.3) is 10.9 Å². The number of aryl methyl sites for hydroxylation is 1. The molecule has 1 aliphatic carbocycles. The molecular weight excluding hydrogens is 300 g/mol. The van der Waals surface area contributed by atoms with E-state index in [0.717, 1.165) is 35.9 Å². The Bertz CT molecular complexity index is 788. The molecule has 1 aliphatic rings. The van der Waals surface area contributed by atoms with Crippen LogP contribution in [-0.4, -0.2) is 22.7 Å². The summed E-state index contributed by atoms with van der Waals surface area (Å²) in [7, 11) is 0. The number of aromatic nitrogens is 1. The zero-order valence-electron chi connectivity index (χ0n) is 14.9. The van der Waals surface area contributed by atoms with E-state index in [9.17, 15) is 9.59 Å². The molecule has 1 aromatic heterocycles. The maximum atomic E-state index is 12.7. The molecule has 4 heteroatoms. The first-order valence-corrected chi connectivity index (χ1v) is 8.69. The zero-order valence-corrected chi connectivity index (χ0v) is 14.9. The minimum atomic E-state index is -0.488. The Labute approximate surface area is 143 Å². The largest absolute Gasteiger partial charge is 0.358 e. The minimum Gasteiger partial charge on any atom is -0.358 e. The molecule has 2 N–H and O–H groups in total. The number of ketones is 1. The molecule has 0 radical (unpaired) electrons. The molecule has 1 aromatic carbocycles. The smallest absolute Gasteiger partial charge is 0.292 e. The maximum absolute atomic E-state index is 12.7. The summed E-state index contributed by atoms with van der Waals surface area (Å²) < 4.78 is 0. The standard InChI is InChI=1S/C20H26N2O2/c1-12-9-14(11-20(3,4)10-12)22-19(24)18(23)17-13(2)21-16-8-6-5-7-15(16)17/h5-8,12,14,21H,9-11H2,1-4H3,(H,22,24)/t12-,14+/m1/s1. The number of hydrogen-bond acceptors (Lipinski definition) is 2. The molecule has 3 rings (SSSR count). The highest BCUT2D eigenvalue weighted by Crippen LogP contribution is 2.38. The van der Waals surface area contributed by atoms with Crippen LogP contribution in [0.4, 0.5) is 0 Å². The molecule has 128 valence electrons. The van der Waals surface area contributed by atoms with Gasteiger partial charge in [0.1, 0.15) is 0 Å². The first-order valence-electron chi connectivity index (χ1n) is 8.69. The fourth-order valence-corrected chi connectivity index (χ4v) is 4.39. The maximum Gasteiger partial charge on any atom is 0.292 e. The molecule has 2 aromatic rings. The van der Waals surface area contributed by atoms with Gasteiger partial charge >= 0.3 is 0 Å². The van der Waals surface area contributed by atoms with E-state index in [0.29, 0.717) is 11.5 Å². The molecule has 1 saturated carbocycles. The summed E-state index contributed by atoms with van der Waals surface area (Å²) in [4.78, 5) is 28.5. The highest BCUT2D eigenvalue weighted by atomic mass is 16.2. The Morgan fingerprint density at radius 2 is 1.92 bits per heavy atom.